The zero-order valence-electron chi connectivity index (χ0n) is 16.0. The highest BCUT2D eigenvalue weighted by Crippen LogP contribution is 2.32. The number of rotatable bonds is 4. The Morgan fingerprint density at radius 1 is 1.13 bits per heavy atom. The third-order valence-corrected chi connectivity index (χ3v) is 4.69. The molecule has 3 N–H and O–H groups in total. The van der Waals surface area contributed by atoms with Crippen LogP contribution in [-0.4, -0.2) is 23.7 Å². The summed E-state index contributed by atoms with van der Waals surface area (Å²) in [6.07, 6.45) is 0. The monoisotopic (exact) mass is 406 g/mol. The van der Waals surface area contributed by atoms with Crippen LogP contribution in [0.4, 0.5) is 4.79 Å². The molecule has 0 bridgehead atoms. The maximum absolute atomic E-state index is 12.9. The van der Waals surface area contributed by atoms with Gasteiger partial charge in [-0.1, -0.05) is 30.3 Å². The van der Waals surface area contributed by atoms with E-state index in [4.69, 9.17) is 9.15 Å². The normalized spacial score (nSPS) is 16.2. The molecule has 0 fully saturated rings. The van der Waals surface area contributed by atoms with Crippen molar-refractivity contribution in [2.24, 2.45) is 0 Å². The molecule has 0 spiro atoms. The number of benzene rings is 2. The molecular weight excluding hydrogens is 388 g/mol. The van der Waals surface area contributed by atoms with E-state index >= 15 is 0 Å². The first kappa shape index (κ1) is 19.3. The number of esters is 1. The van der Waals surface area contributed by atoms with Crippen molar-refractivity contribution < 1.29 is 23.8 Å². The van der Waals surface area contributed by atoms with Crippen molar-refractivity contribution in [3.05, 3.63) is 81.7 Å². The number of hydrogen-bond acceptors (Lipinski definition) is 6. The molecule has 0 aliphatic carbocycles. The summed E-state index contributed by atoms with van der Waals surface area (Å²) >= 11 is 0. The number of carbonyl (C=O) groups excluding carboxylic acids is 2. The van der Waals surface area contributed by atoms with Crippen LogP contribution in [0, 0.1) is 0 Å². The minimum Gasteiger partial charge on any atom is -0.508 e. The summed E-state index contributed by atoms with van der Waals surface area (Å²) < 4.78 is 10.5. The largest absolute Gasteiger partial charge is 0.508 e. The molecule has 30 heavy (non-hydrogen) atoms. The topological polar surface area (TPSA) is 118 Å². The zero-order valence-corrected chi connectivity index (χ0v) is 16.0. The highest BCUT2D eigenvalue weighted by atomic mass is 16.5. The first-order valence-corrected chi connectivity index (χ1v) is 9.29. The number of aromatic hydroxyl groups is 1. The van der Waals surface area contributed by atoms with Crippen LogP contribution in [0.2, 0.25) is 0 Å². The van der Waals surface area contributed by atoms with Gasteiger partial charge in [-0.2, -0.15) is 0 Å². The third kappa shape index (κ3) is 3.50. The van der Waals surface area contributed by atoms with Gasteiger partial charge in [0.2, 0.25) is 0 Å². The molecule has 1 aliphatic heterocycles. The first-order chi connectivity index (χ1) is 14.5. The van der Waals surface area contributed by atoms with Gasteiger partial charge in [0.05, 0.1) is 29.5 Å². The highest BCUT2D eigenvalue weighted by molar-refractivity contribution is 6.05. The van der Waals surface area contributed by atoms with Gasteiger partial charge in [-0.15, -0.1) is 0 Å². The molecule has 0 saturated carbocycles. The molecule has 2 amide bonds. The molecule has 4 rings (SSSR count). The number of ether oxygens (including phenoxy) is 1. The lowest BCUT2D eigenvalue weighted by Gasteiger charge is -2.29. The van der Waals surface area contributed by atoms with Crippen LogP contribution in [0.15, 0.2) is 69.4 Å². The summed E-state index contributed by atoms with van der Waals surface area (Å²) in [5.74, 6) is -0.719. The third-order valence-electron chi connectivity index (χ3n) is 4.69. The lowest BCUT2D eigenvalue weighted by Crippen LogP contribution is -2.46. The van der Waals surface area contributed by atoms with Gasteiger partial charge >= 0.3 is 17.6 Å². The van der Waals surface area contributed by atoms with Crippen LogP contribution in [0.3, 0.4) is 0 Å². The number of urea groups is 1. The van der Waals surface area contributed by atoms with Gasteiger partial charge in [0.25, 0.3) is 0 Å². The average Bonchev–Trinajstić information content (AvgIpc) is 2.73. The Bertz CT molecular complexity index is 1230. The van der Waals surface area contributed by atoms with E-state index in [1.165, 1.54) is 18.2 Å². The number of phenols is 1. The number of nitrogens with one attached hydrogen (secondary N) is 2. The molecule has 0 saturated heterocycles. The van der Waals surface area contributed by atoms with Crippen molar-refractivity contribution in [2.75, 3.05) is 6.61 Å². The molecule has 1 atom stereocenters. The SMILES string of the molecule is CCOC(=O)C1=C(c2cc3ccc(O)cc3oc2=O)NC(=O)NC1c1ccccc1. The van der Waals surface area contributed by atoms with Gasteiger partial charge in [0.15, 0.2) is 0 Å². The van der Waals surface area contributed by atoms with Crippen molar-refractivity contribution in [1.29, 1.82) is 0 Å². The number of hydrogen-bond donors (Lipinski definition) is 3. The van der Waals surface area contributed by atoms with Gasteiger partial charge in [0.1, 0.15) is 11.3 Å². The summed E-state index contributed by atoms with van der Waals surface area (Å²) in [4.78, 5) is 38.0. The lowest BCUT2D eigenvalue weighted by atomic mass is 9.93. The molecular formula is C22H18N2O6. The number of fused-ring (bicyclic) bond motifs is 1. The molecule has 1 unspecified atom stereocenters. The van der Waals surface area contributed by atoms with E-state index in [2.05, 4.69) is 10.6 Å². The van der Waals surface area contributed by atoms with Gasteiger partial charge in [-0.25, -0.2) is 14.4 Å². The smallest absolute Gasteiger partial charge is 0.345 e. The molecule has 2 aromatic carbocycles. The summed E-state index contributed by atoms with van der Waals surface area (Å²) in [7, 11) is 0. The highest BCUT2D eigenvalue weighted by Gasteiger charge is 2.35. The van der Waals surface area contributed by atoms with Gasteiger partial charge < -0.3 is 24.9 Å². The Labute approximate surface area is 170 Å². The van der Waals surface area contributed by atoms with Crippen molar-refractivity contribution >= 4 is 28.7 Å². The predicted molar refractivity (Wildman–Crippen MR) is 109 cm³/mol. The van der Waals surface area contributed by atoms with E-state index in [1.807, 2.05) is 6.07 Å². The van der Waals surface area contributed by atoms with E-state index in [0.29, 0.717) is 10.9 Å². The fraction of sp³-hybridized carbons (Fsp3) is 0.136. The number of carbonyl (C=O) groups is 2. The molecule has 1 aliphatic rings. The van der Waals surface area contributed by atoms with Gasteiger partial charge in [-0.3, -0.25) is 0 Å². The van der Waals surface area contributed by atoms with E-state index in [-0.39, 0.29) is 34.8 Å². The number of amides is 2. The second-order valence-electron chi connectivity index (χ2n) is 6.62. The van der Waals surface area contributed by atoms with E-state index in [9.17, 15) is 19.5 Å². The Morgan fingerprint density at radius 3 is 2.63 bits per heavy atom. The van der Waals surface area contributed by atoms with E-state index in [0.717, 1.165) is 0 Å². The zero-order chi connectivity index (χ0) is 21.3. The van der Waals surface area contributed by atoms with Crippen molar-refractivity contribution in [2.45, 2.75) is 13.0 Å². The maximum Gasteiger partial charge on any atom is 0.345 e. The Balaban J connectivity index is 1.97. The van der Waals surface area contributed by atoms with E-state index < -0.39 is 23.7 Å². The lowest BCUT2D eigenvalue weighted by molar-refractivity contribution is -0.138. The predicted octanol–water partition coefficient (Wildman–Crippen LogP) is 2.83. The minimum atomic E-state index is -0.816. The Kier molecular flexibility index (Phi) is 4.97. The first-order valence-electron chi connectivity index (χ1n) is 9.29. The van der Waals surface area contributed by atoms with Crippen LogP contribution in [-0.2, 0) is 9.53 Å². The summed E-state index contributed by atoms with van der Waals surface area (Å²) in [6.45, 7) is 1.79. The second kappa shape index (κ2) is 7.75. The van der Waals surface area contributed by atoms with Crippen LogP contribution in [0.25, 0.3) is 16.7 Å². The van der Waals surface area contributed by atoms with Crippen molar-refractivity contribution in [3.63, 3.8) is 0 Å². The van der Waals surface area contributed by atoms with Crippen LogP contribution < -0.4 is 16.3 Å². The van der Waals surface area contributed by atoms with E-state index in [1.54, 1.807) is 37.3 Å². The fourth-order valence-corrected chi connectivity index (χ4v) is 3.38. The van der Waals surface area contributed by atoms with Crippen LogP contribution in [0.5, 0.6) is 5.75 Å². The van der Waals surface area contributed by atoms with Crippen LogP contribution >= 0.6 is 0 Å². The number of phenolic OH excluding ortho intramolecular Hbond substituents is 1. The molecule has 8 heteroatoms. The summed E-state index contributed by atoms with van der Waals surface area (Å²) in [5.41, 5.74) is 0.193. The van der Waals surface area contributed by atoms with Gasteiger partial charge in [-0.05, 0) is 30.7 Å². The van der Waals surface area contributed by atoms with Crippen LogP contribution in [0.1, 0.15) is 24.1 Å². The maximum atomic E-state index is 12.9. The standard InChI is InChI=1S/C22H18N2O6/c1-2-29-21(27)17-18(12-6-4-3-5-7-12)23-22(28)24-19(17)15-10-13-8-9-14(25)11-16(13)30-20(15)26/h3-11,18,25H,2H2,1H3,(H2,23,24,28). The van der Waals surface area contributed by atoms with Crippen molar-refractivity contribution in [3.8, 4) is 5.75 Å². The van der Waals surface area contributed by atoms with Gasteiger partial charge in [0, 0.05) is 11.5 Å². The molecule has 0 radical (unpaired) electrons. The summed E-state index contributed by atoms with van der Waals surface area (Å²) in [6, 6.07) is 13.3. The quantitative estimate of drug-likeness (QED) is 0.453. The fourth-order valence-electron chi connectivity index (χ4n) is 3.38. The average molecular weight is 406 g/mol. The molecule has 152 valence electrons. The summed E-state index contributed by atoms with van der Waals surface area (Å²) in [5, 5.41) is 15.4. The minimum absolute atomic E-state index is 0.00650. The Morgan fingerprint density at radius 2 is 1.90 bits per heavy atom. The molecule has 1 aromatic heterocycles. The second-order valence-corrected chi connectivity index (χ2v) is 6.62. The molecule has 2 heterocycles. The Hall–Kier alpha value is -4.07. The molecule has 8 nitrogen and oxygen atoms in total. The molecule has 3 aromatic rings. The van der Waals surface area contributed by atoms with Crippen molar-refractivity contribution in [1.82, 2.24) is 10.6 Å².